The molecule has 11 heteroatoms. The lowest BCUT2D eigenvalue weighted by Gasteiger charge is -2.37. The molecule has 1 saturated heterocycles. The summed E-state index contributed by atoms with van der Waals surface area (Å²) in [7, 11) is 0. The van der Waals surface area contributed by atoms with E-state index in [4.69, 9.17) is 16.7 Å². The van der Waals surface area contributed by atoms with Gasteiger partial charge in [0.15, 0.2) is 11.6 Å². The number of anilines is 1. The average Bonchev–Trinajstić information content (AvgIpc) is 3.30. The quantitative estimate of drug-likeness (QED) is 0.361. The number of benzene rings is 2. The van der Waals surface area contributed by atoms with Crippen LogP contribution in [0.15, 0.2) is 30.3 Å². The van der Waals surface area contributed by atoms with Gasteiger partial charge in [0, 0.05) is 24.2 Å². The number of hydrogen-bond donors (Lipinski definition) is 5. The molecule has 0 unspecified atom stereocenters. The van der Waals surface area contributed by atoms with Gasteiger partial charge in [0.05, 0.1) is 23.8 Å². The molecule has 38 heavy (non-hydrogen) atoms. The largest absolute Gasteiger partial charge is 0.394 e. The molecule has 206 valence electrons. The van der Waals surface area contributed by atoms with Gasteiger partial charge in [0.25, 0.3) is 0 Å². The Bertz CT molecular complexity index is 1250. The third kappa shape index (κ3) is 4.90. The summed E-state index contributed by atoms with van der Waals surface area (Å²) in [4.78, 5) is 27.5. The minimum Gasteiger partial charge on any atom is -0.394 e. The third-order valence-electron chi connectivity index (χ3n) is 7.29. The van der Waals surface area contributed by atoms with Crippen molar-refractivity contribution in [1.82, 2.24) is 10.6 Å². The monoisotopic (exact) mass is 553 g/mol. The molecule has 0 aliphatic carbocycles. The third-order valence-corrected chi connectivity index (χ3v) is 7.58. The van der Waals surface area contributed by atoms with Crippen molar-refractivity contribution in [3.05, 3.63) is 63.9 Å². The topological polar surface area (TPSA) is 111 Å². The second kappa shape index (κ2) is 10.5. The van der Waals surface area contributed by atoms with E-state index in [-0.39, 0.29) is 40.2 Å². The molecule has 1 fully saturated rings. The SMILES string of the molecule is CC(C)(C)C[C@H]1N[C@@H](C(=O)NCC[C@@H](O)CO)[C@H](c2cccc(F)c2F)[C@@]12C(=O)Nc1cc(Cl)c(F)cc12. The number of hydrogen-bond acceptors (Lipinski definition) is 5. The standard InChI is InChI=1S/C27H31ClF3N3O4/c1-26(2,3)11-20-27(15-9-18(30)16(28)10-19(15)33-25(27)38)21(14-5-4-6-17(29)22(14)31)23(34-20)24(37)32-8-7-13(36)12-35/h4-6,9-10,13,20-21,23,34-36H,7-8,11-12H2,1-3H3,(H,32,37)(H,33,38)/t13-,20-,21+,23-,27+/m1/s1. The summed E-state index contributed by atoms with van der Waals surface area (Å²) in [6, 6.07) is 3.94. The van der Waals surface area contributed by atoms with E-state index in [9.17, 15) is 23.5 Å². The Labute approximate surface area is 223 Å². The Balaban J connectivity index is 1.92. The van der Waals surface area contributed by atoms with Crippen LogP contribution in [0.2, 0.25) is 5.02 Å². The average molecular weight is 554 g/mol. The van der Waals surface area contributed by atoms with Gasteiger partial charge >= 0.3 is 0 Å². The Morgan fingerprint density at radius 3 is 2.58 bits per heavy atom. The van der Waals surface area contributed by atoms with Crippen molar-refractivity contribution < 1.29 is 33.0 Å². The maximum absolute atomic E-state index is 15.4. The molecule has 0 aromatic heterocycles. The van der Waals surface area contributed by atoms with E-state index in [0.717, 1.165) is 12.1 Å². The number of carbonyl (C=O) groups is 2. The van der Waals surface area contributed by atoms with Gasteiger partial charge in [-0.15, -0.1) is 0 Å². The van der Waals surface area contributed by atoms with Crippen molar-refractivity contribution in [2.24, 2.45) is 5.41 Å². The molecule has 2 aliphatic rings. The number of fused-ring (bicyclic) bond motifs is 2. The van der Waals surface area contributed by atoms with Crippen molar-refractivity contribution in [2.45, 2.75) is 63.1 Å². The maximum atomic E-state index is 15.4. The van der Waals surface area contributed by atoms with Gasteiger partial charge in [-0.05, 0) is 47.6 Å². The molecule has 0 saturated carbocycles. The van der Waals surface area contributed by atoms with Gasteiger partial charge < -0.3 is 26.2 Å². The zero-order chi connectivity index (χ0) is 28.0. The van der Waals surface area contributed by atoms with Crippen LogP contribution < -0.4 is 16.0 Å². The number of halogens is 4. The number of rotatable bonds is 7. The summed E-state index contributed by atoms with van der Waals surface area (Å²) in [6.45, 7) is 5.29. The normalized spacial score (nSPS) is 25.4. The smallest absolute Gasteiger partial charge is 0.237 e. The molecule has 0 bridgehead atoms. The van der Waals surface area contributed by atoms with Crippen LogP contribution in [0.4, 0.5) is 18.9 Å². The van der Waals surface area contributed by atoms with E-state index >= 15 is 4.39 Å². The zero-order valence-electron chi connectivity index (χ0n) is 21.2. The molecule has 2 aromatic rings. The highest BCUT2D eigenvalue weighted by Crippen LogP contribution is 2.57. The van der Waals surface area contributed by atoms with Crippen LogP contribution in [0, 0.1) is 22.9 Å². The summed E-state index contributed by atoms with van der Waals surface area (Å²) < 4.78 is 44.8. The van der Waals surface area contributed by atoms with Crippen molar-refractivity contribution in [3.8, 4) is 0 Å². The van der Waals surface area contributed by atoms with Gasteiger partial charge in [0.2, 0.25) is 11.8 Å². The van der Waals surface area contributed by atoms with Crippen LogP contribution in [0.25, 0.3) is 0 Å². The van der Waals surface area contributed by atoms with Gasteiger partial charge in [-0.25, -0.2) is 13.2 Å². The first-order chi connectivity index (χ1) is 17.8. The molecular formula is C27H31ClF3N3O4. The minimum atomic E-state index is -1.69. The first-order valence-corrected chi connectivity index (χ1v) is 12.8. The van der Waals surface area contributed by atoms with E-state index in [0.29, 0.717) is 6.42 Å². The lowest BCUT2D eigenvalue weighted by atomic mass is 9.62. The second-order valence-corrected chi connectivity index (χ2v) is 11.5. The predicted octanol–water partition coefficient (Wildman–Crippen LogP) is 3.37. The second-order valence-electron chi connectivity index (χ2n) is 11.1. The summed E-state index contributed by atoms with van der Waals surface area (Å²) in [6.07, 6.45) is -0.675. The van der Waals surface area contributed by atoms with E-state index in [1.54, 1.807) is 0 Å². The van der Waals surface area contributed by atoms with Crippen LogP contribution in [0.3, 0.4) is 0 Å². The number of amides is 2. The molecule has 5 atom stereocenters. The minimum absolute atomic E-state index is 0.0128. The first-order valence-electron chi connectivity index (χ1n) is 12.4. The fourth-order valence-electron chi connectivity index (χ4n) is 5.73. The number of carbonyl (C=O) groups excluding carboxylic acids is 2. The summed E-state index contributed by atoms with van der Waals surface area (Å²) >= 11 is 6.00. The van der Waals surface area contributed by atoms with E-state index in [1.807, 2.05) is 20.8 Å². The maximum Gasteiger partial charge on any atom is 0.237 e. The van der Waals surface area contributed by atoms with E-state index in [2.05, 4.69) is 16.0 Å². The molecule has 2 aliphatic heterocycles. The highest BCUT2D eigenvalue weighted by molar-refractivity contribution is 6.31. The molecular weight excluding hydrogens is 523 g/mol. The Kier molecular flexibility index (Phi) is 7.82. The van der Waals surface area contributed by atoms with Gasteiger partial charge in [0.1, 0.15) is 11.2 Å². The summed E-state index contributed by atoms with van der Waals surface area (Å²) in [5, 5.41) is 27.1. The molecule has 4 rings (SSSR count). The van der Waals surface area contributed by atoms with Crippen LogP contribution >= 0.6 is 11.6 Å². The van der Waals surface area contributed by atoms with Crippen LogP contribution in [-0.2, 0) is 15.0 Å². The van der Waals surface area contributed by atoms with Crippen molar-refractivity contribution in [2.75, 3.05) is 18.5 Å². The molecule has 2 heterocycles. The lowest BCUT2D eigenvalue weighted by Crippen LogP contribution is -2.49. The Hall–Kier alpha value is -2.66. The molecule has 2 amide bonds. The van der Waals surface area contributed by atoms with Crippen LogP contribution in [0.1, 0.15) is 50.7 Å². The number of nitrogens with one attached hydrogen (secondary N) is 3. The van der Waals surface area contributed by atoms with Gasteiger partial charge in [-0.1, -0.05) is 44.5 Å². The van der Waals surface area contributed by atoms with Gasteiger partial charge in [-0.2, -0.15) is 0 Å². The van der Waals surface area contributed by atoms with E-state index < -0.39 is 65.4 Å². The van der Waals surface area contributed by atoms with Crippen molar-refractivity contribution in [3.63, 3.8) is 0 Å². The Morgan fingerprint density at radius 1 is 1.21 bits per heavy atom. The molecule has 0 radical (unpaired) electrons. The molecule has 7 nitrogen and oxygen atoms in total. The molecule has 1 spiro atoms. The molecule has 2 aromatic carbocycles. The summed E-state index contributed by atoms with van der Waals surface area (Å²) in [5.41, 5.74) is -1.85. The van der Waals surface area contributed by atoms with Crippen LogP contribution in [-0.4, -0.2) is 53.4 Å². The van der Waals surface area contributed by atoms with E-state index in [1.165, 1.54) is 18.2 Å². The van der Waals surface area contributed by atoms with Gasteiger partial charge in [-0.3, -0.25) is 9.59 Å². The summed E-state index contributed by atoms with van der Waals surface area (Å²) in [5.74, 6) is -5.62. The lowest BCUT2D eigenvalue weighted by molar-refractivity contribution is -0.124. The first kappa shape index (κ1) is 28.4. The fourth-order valence-corrected chi connectivity index (χ4v) is 5.89. The number of aliphatic hydroxyl groups is 2. The predicted molar refractivity (Wildman–Crippen MR) is 136 cm³/mol. The highest BCUT2D eigenvalue weighted by Gasteiger charge is 2.66. The van der Waals surface area contributed by atoms with Crippen molar-refractivity contribution in [1.29, 1.82) is 0 Å². The van der Waals surface area contributed by atoms with Crippen molar-refractivity contribution >= 4 is 29.1 Å². The van der Waals surface area contributed by atoms with Crippen LogP contribution in [0.5, 0.6) is 0 Å². The number of aliphatic hydroxyl groups excluding tert-OH is 2. The fraction of sp³-hybridized carbons (Fsp3) is 0.481. The molecule has 5 N–H and O–H groups in total. The highest BCUT2D eigenvalue weighted by atomic mass is 35.5. The zero-order valence-corrected chi connectivity index (χ0v) is 22.0. The Morgan fingerprint density at radius 2 is 1.92 bits per heavy atom.